The maximum absolute atomic E-state index is 12.0. The summed E-state index contributed by atoms with van der Waals surface area (Å²) in [5.74, 6) is -0.583. The summed E-state index contributed by atoms with van der Waals surface area (Å²) < 4.78 is 0. The van der Waals surface area contributed by atoms with Gasteiger partial charge in [-0.05, 0) is 12.8 Å². The van der Waals surface area contributed by atoms with Crippen molar-refractivity contribution in [3.63, 3.8) is 0 Å². The Bertz CT molecular complexity index is 388. The molecule has 0 aromatic rings. The second-order valence-corrected chi connectivity index (χ2v) is 4.99. The van der Waals surface area contributed by atoms with Crippen LogP contribution in [0, 0.1) is 5.41 Å². The molecular weight excluding hydrogens is 236 g/mol. The van der Waals surface area contributed by atoms with Crippen LogP contribution in [0.2, 0.25) is 0 Å². The monoisotopic (exact) mass is 254 g/mol. The number of nitrogens with zero attached hydrogens (tertiary/aromatic N) is 2. The lowest BCUT2D eigenvalue weighted by molar-refractivity contribution is -0.168. The number of nitrogens with two attached hydrogens (primary N) is 2. The molecule has 0 saturated carbocycles. The highest BCUT2D eigenvalue weighted by molar-refractivity contribution is 5.92. The molecule has 7 heteroatoms. The first-order valence-electron chi connectivity index (χ1n) is 6.04. The number of primary amides is 1. The third-order valence-electron chi connectivity index (χ3n) is 3.83. The minimum atomic E-state index is -0.492. The first-order chi connectivity index (χ1) is 8.48. The van der Waals surface area contributed by atoms with Crippen LogP contribution in [-0.4, -0.2) is 60.2 Å². The van der Waals surface area contributed by atoms with E-state index in [0.29, 0.717) is 32.5 Å². The molecule has 4 N–H and O–H groups in total. The normalized spacial score (nSPS) is 21.9. The van der Waals surface area contributed by atoms with Crippen LogP contribution in [0.5, 0.6) is 0 Å². The van der Waals surface area contributed by atoms with Crippen molar-refractivity contribution >= 4 is 17.7 Å². The molecule has 18 heavy (non-hydrogen) atoms. The second kappa shape index (κ2) is 4.56. The summed E-state index contributed by atoms with van der Waals surface area (Å²) in [6.07, 6.45) is 1.29. The number of piperidine rings is 1. The third kappa shape index (κ3) is 2.05. The van der Waals surface area contributed by atoms with Gasteiger partial charge in [0, 0.05) is 19.6 Å². The zero-order valence-corrected chi connectivity index (χ0v) is 10.2. The van der Waals surface area contributed by atoms with Crippen molar-refractivity contribution in [2.45, 2.75) is 12.8 Å². The molecule has 2 aliphatic rings. The molecule has 100 valence electrons. The quantitative estimate of drug-likeness (QED) is 0.561. The van der Waals surface area contributed by atoms with Gasteiger partial charge in [-0.2, -0.15) is 0 Å². The average Bonchev–Trinajstić information content (AvgIpc) is 2.37. The molecule has 1 spiro atoms. The predicted molar refractivity (Wildman–Crippen MR) is 63.1 cm³/mol. The molecule has 0 atom stereocenters. The Hall–Kier alpha value is -1.63. The Morgan fingerprint density at radius 3 is 2.33 bits per heavy atom. The molecule has 0 radical (unpaired) electrons. The summed E-state index contributed by atoms with van der Waals surface area (Å²) in [4.78, 5) is 37.4. The van der Waals surface area contributed by atoms with Gasteiger partial charge in [-0.15, -0.1) is 0 Å². The van der Waals surface area contributed by atoms with Crippen molar-refractivity contribution in [2.75, 3.05) is 32.7 Å². The molecule has 2 fully saturated rings. The van der Waals surface area contributed by atoms with E-state index in [-0.39, 0.29) is 30.3 Å². The standard InChI is InChI=1S/C11H18N4O3/c12-5-9(17)14-3-1-11(2-4-14)7-15(10(11)18)6-8(13)16/h1-7,12H2,(H2,13,16). The predicted octanol–water partition coefficient (Wildman–Crippen LogP) is -2.12. The molecule has 2 saturated heterocycles. The first-order valence-corrected chi connectivity index (χ1v) is 6.04. The van der Waals surface area contributed by atoms with E-state index in [1.54, 1.807) is 4.90 Å². The van der Waals surface area contributed by atoms with E-state index in [4.69, 9.17) is 11.5 Å². The van der Waals surface area contributed by atoms with Gasteiger partial charge in [-0.25, -0.2) is 0 Å². The maximum atomic E-state index is 12.0. The molecule has 0 aromatic heterocycles. The van der Waals surface area contributed by atoms with Crippen molar-refractivity contribution in [1.29, 1.82) is 0 Å². The number of β-lactam (4-membered cyclic amide) rings is 1. The van der Waals surface area contributed by atoms with Crippen LogP contribution in [0.4, 0.5) is 0 Å². The van der Waals surface area contributed by atoms with Crippen molar-refractivity contribution < 1.29 is 14.4 Å². The zero-order chi connectivity index (χ0) is 13.3. The highest BCUT2D eigenvalue weighted by Gasteiger charge is 2.53. The summed E-state index contributed by atoms with van der Waals surface area (Å²) >= 11 is 0. The number of rotatable bonds is 3. The topological polar surface area (TPSA) is 110 Å². The lowest BCUT2D eigenvalue weighted by atomic mass is 9.71. The molecule has 2 rings (SSSR count). The van der Waals surface area contributed by atoms with E-state index >= 15 is 0 Å². The Morgan fingerprint density at radius 2 is 1.89 bits per heavy atom. The van der Waals surface area contributed by atoms with E-state index in [0.717, 1.165) is 0 Å². The SMILES string of the molecule is NCC(=O)N1CCC2(CC1)CN(CC(N)=O)C2=O. The summed E-state index contributed by atoms with van der Waals surface area (Å²) in [5, 5.41) is 0. The Kier molecular flexibility index (Phi) is 3.25. The van der Waals surface area contributed by atoms with Gasteiger partial charge in [0.1, 0.15) is 0 Å². The van der Waals surface area contributed by atoms with Crippen LogP contribution < -0.4 is 11.5 Å². The molecule has 0 aromatic carbocycles. The lowest BCUT2D eigenvalue weighted by Crippen LogP contribution is -2.66. The molecule has 7 nitrogen and oxygen atoms in total. The van der Waals surface area contributed by atoms with Crippen molar-refractivity contribution in [1.82, 2.24) is 9.80 Å². The van der Waals surface area contributed by atoms with Crippen molar-refractivity contribution in [2.24, 2.45) is 16.9 Å². The molecular formula is C11H18N4O3. The van der Waals surface area contributed by atoms with Crippen LogP contribution >= 0.6 is 0 Å². The van der Waals surface area contributed by atoms with E-state index < -0.39 is 5.91 Å². The van der Waals surface area contributed by atoms with Crippen molar-refractivity contribution in [3.05, 3.63) is 0 Å². The second-order valence-electron chi connectivity index (χ2n) is 4.99. The minimum Gasteiger partial charge on any atom is -0.368 e. The van der Waals surface area contributed by atoms with Gasteiger partial charge in [0.2, 0.25) is 17.7 Å². The smallest absolute Gasteiger partial charge is 0.237 e. The van der Waals surface area contributed by atoms with Gasteiger partial charge in [0.05, 0.1) is 18.5 Å². The Labute approximate surface area is 105 Å². The van der Waals surface area contributed by atoms with Gasteiger partial charge < -0.3 is 21.3 Å². The van der Waals surface area contributed by atoms with E-state index in [1.165, 1.54) is 4.90 Å². The fourth-order valence-corrected chi connectivity index (χ4v) is 2.75. The van der Waals surface area contributed by atoms with Crippen LogP contribution in [0.15, 0.2) is 0 Å². The molecule has 2 heterocycles. The number of amides is 3. The van der Waals surface area contributed by atoms with Crippen molar-refractivity contribution in [3.8, 4) is 0 Å². The zero-order valence-electron chi connectivity index (χ0n) is 10.2. The van der Waals surface area contributed by atoms with Gasteiger partial charge in [0.15, 0.2) is 0 Å². The van der Waals surface area contributed by atoms with Gasteiger partial charge in [-0.3, -0.25) is 14.4 Å². The molecule has 0 bridgehead atoms. The number of hydrogen-bond acceptors (Lipinski definition) is 4. The minimum absolute atomic E-state index is 0.00791. The molecule has 2 aliphatic heterocycles. The summed E-state index contributed by atoms with van der Waals surface area (Å²) in [5.41, 5.74) is 9.99. The largest absolute Gasteiger partial charge is 0.368 e. The molecule has 0 aliphatic carbocycles. The Morgan fingerprint density at radius 1 is 1.28 bits per heavy atom. The number of carbonyl (C=O) groups excluding carboxylic acids is 3. The van der Waals surface area contributed by atoms with Gasteiger partial charge >= 0.3 is 0 Å². The van der Waals surface area contributed by atoms with Gasteiger partial charge in [-0.1, -0.05) is 0 Å². The average molecular weight is 254 g/mol. The third-order valence-corrected chi connectivity index (χ3v) is 3.83. The van der Waals surface area contributed by atoms with Gasteiger partial charge in [0.25, 0.3) is 0 Å². The Balaban J connectivity index is 1.89. The number of hydrogen-bond donors (Lipinski definition) is 2. The van der Waals surface area contributed by atoms with E-state index in [1.807, 2.05) is 0 Å². The lowest BCUT2D eigenvalue weighted by Gasteiger charge is -2.52. The summed E-state index contributed by atoms with van der Waals surface area (Å²) in [7, 11) is 0. The fraction of sp³-hybridized carbons (Fsp3) is 0.727. The maximum Gasteiger partial charge on any atom is 0.237 e. The van der Waals surface area contributed by atoms with Crippen LogP contribution in [0.3, 0.4) is 0 Å². The van der Waals surface area contributed by atoms with Crippen LogP contribution in [-0.2, 0) is 14.4 Å². The first kappa shape index (κ1) is 12.8. The van der Waals surface area contributed by atoms with Crippen LogP contribution in [0.1, 0.15) is 12.8 Å². The number of carbonyl (C=O) groups is 3. The summed E-state index contributed by atoms with van der Waals surface area (Å²) in [6.45, 7) is 1.69. The fourth-order valence-electron chi connectivity index (χ4n) is 2.75. The molecule has 3 amide bonds. The highest BCUT2D eigenvalue weighted by Crippen LogP contribution is 2.41. The van der Waals surface area contributed by atoms with E-state index in [2.05, 4.69) is 0 Å². The van der Waals surface area contributed by atoms with Crippen LogP contribution in [0.25, 0.3) is 0 Å². The highest BCUT2D eigenvalue weighted by atomic mass is 16.2. The number of likely N-dealkylation sites (tertiary alicyclic amines) is 2. The summed E-state index contributed by atoms with van der Waals surface area (Å²) in [6, 6.07) is 0. The molecule has 0 unspecified atom stereocenters. The van der Waals surface area contributed by atoms with E-state index in [9.17, 15) is 14.4 Å².